The van der Waals surface area contributed by atoms with Gasteiger partial charge >= 0.3 is 0 Å². The van der Waals surface area contributed by atoms with Crippen LogP contribution in [0.3, 0.4) is 0 Å². The van der Waals surface area contributed by atoms with Crippen molar-refractivity contribution < 1.29 is 0 Å². The van der Waals surface area contributed by atoms with Crippen LogP contribution in [0.2, 0.25) is 0 Å². The van der Waals surface area contributed by atoms with Crippen LogP contribution in [0.25, 0.3) is 5.69 Å². The second-order valence-electron chi connectivity index (χ2n) is 5.39. The van der Waals surface area contributed by atoms with E-state index in [1.165, 1.54) is 31.0 Å². The summed E-state index contributed by atoms with van der Waals surface area (Å²) in [4.78, 5) is 2.30. The minimum absolute atomic E-state index is 0.152. The van der Waals surface area contributed by atoms with Crippen LogP contribution >= 0.6 is 11.8 Å². The molecule has 114 valence electrons. The van der Waals surface area contributed by atoms with E-state index in [4.69, 9.17) is 5.26 Å². The van der Waals surface area contributed by atoms with Gasteiger partial charge in [0.25, 0.3) is 0 Å². The van der Waals surface area contributed by atoms with Crippen LogP contribution in [0.5, 0.6) is 0 Å². The molecule has 1 fully saturated rings. The summed E-state index contributed by atoms with van der Waals surface area (Å²) in [6.07, 6.45) is 3.67. The number of nitriles is 1. The number of nitrogens with zero attached hydrogens (tertiary/aromatic N) is 5. The van der Waals surface area contributed by atoms with Gasteiger partial charge in [0.15, 0.2) is 5.16 Å². The molecule has 0 saturated carbocycles. The Bertz CT molecular complexity index is 655. The largest absolute Gasteiger partial charge is 0.341 e. The van der Waals surface area contributed by atoms with E-state index in [0.29, 0.717) is 0 Å². The molecule has 1 aromatic carbocycles. The first-order chi connectivity index (χ1) is 10.8. The monoisotopic (exact) mass is 313 g/mol. The van der Waals surface area contributed by atoms with Crippen LogP contribution < -0.4 is 4.90 Å². The van der Waals surface area contributed by atoms with Crippen LogP contribution in [0, 0.1) is 11.3 Å². The Morgan fingerprint density at radius 3 is 2.55 bits per heavy atom. The highest BCUT2D eigenvalue weighted by atomic mass is 32.2. The summed E-state index contributed by atoms with van der Waals surface area (Å²) >= 11 is 1.45. The Morgan fingerprint density at radius 1 is 1.14 bits per heavy atom. The molecule has 0 aliphatic carbocycles. The fourth-order valence-electron chi connectivity index (χ4n) is 2.62. The van der Waals surface area contributed by atoms with Crippen LogP contribution in [-0.4, -0.2) is 33.1 Å². The lowest BCUT2D eigenvalue weighted by atomic mass is 10.1. The number of rotatable bonds is 4. The average Bonchev–Trinajstić information content (AvgIpc) is 3.00. The standard InChI is InChI=1S/C16H19N5S/c1-13(12-17)22-16-19-18-15(20-10-6-3-7-11-20)21(16)14-8-4-2-5-9-14/h2,4-5,8-9,13H,3,6-7,10-11H2,1H3. The molecule has 0 spiro atoms. The molecule has 5 nitrogen and oxygen atoms in total. The van der Waals surface area contributed by atoms with Crippen molar-refractivity contribution in [3.63, 3.8) is 0 Å². The number of anilines is 1. The van der Waals surface area contributed by atoms with Gasteiger partial charge in [-0.15, -0.1) is 10.2 Å². The topological polar surface area (TPSA) is 57.7 Å². The highest BCUT2D eigenvalue weighted by Gasteiger charge is 2.22. The molecule has 2 heterocycles. The highest BCUT2D eigenvalue weighted by molar-refractivity contribution is 8.00. The predicted molar refractivity (Wildman–Crippen MR) is 88.4 cm³/mol. The highest BCUT2D eigenvalue weighted by Crippen LogP contribution is 2.30. The molecule has 1 aliphatic rings. The molecule has 1 saturated heterocycles. The summed E-state index contributed by atoms with van der Waals surface area (Å²) in [5, 5.41) is 18.5. The van der Waals surface area contributed by atoms with Crippen molar-refractivity contribution in [1.82, 2.24) is 14.8 Å². The van der Waals surface area contributed by atoms with Gasteiger partial charge in [0, 0.05) is 13.1 Å². The molecule has 0 N–H and O–H groups in total. The van der Waals surface area contributed by atoms with E-state index < -0.39 is 0 Å². The molecule has 0 amide bonds. The third-order valence-corrected chi connectivity index (χ3v) is 4.67. The number of piperidine rings is 1. The van der Waals surface area contributed by atoms with E-state index in [0.717, 1.165) is 29.9 Å². The van der Waals surface area contributed by atoms with E-state index in [1.54, 1.807) is 0 Å². The first-order valence-electron chi connectivity index (χ1n) is 7.61. The number of hydrogen-bond acceptors (Lipinski definition) is 5. The lowest BCUT2D eigenvalue weighted by molar-refractivity contribution is 0.564. The van der Waals surface area contributed by atoms with Crippen LogP contribution in [0.15, 0.2) is 35.5 Å². The summed E-state index contributed by atoms with van der Waals surface area (Å²) in [6, 6.07) is 12.4. The molecule has 1 unspecified atom stereocenters. The second kappa shape index (κ2) is 6.84. The van der Waals surface area contributed by atoms with Gasteiger partial charge in [0.05, 0.1) is 17.0 Å². The maximum atomic E-state index is 9.07. The maximum Gasteiger partial charge on any atom is 0.232 e. The van der Waals surface area contributed by atoms with Crippen molar-refractivity contribution in [3.05, 3.63) is 30.3 Å². The van der Waals surface area contributed by atoms with Crippen molar-refractivity contribution in [2.45, 2.75) is 36.6 Å². The molecule has 3 rings (SSSR count). The van der Waals surface area contributed by atoms with Crippen molar-refractivity contribution in [3.8, 4) is 11.8 Å². The summed E-state index contributed by atoms with van der Waals surface area (Å²) in [6.45, 7) is 3.92. The van der Waals surface area contributed by atoms with Crippen molar-refractivity contribution in [2.24, 2.45) is 0 Å². The van der Waals surface area contributed by atoms with E-state index in [2.05, 4.69) is 37.9 Å². The third kappa shape index (κ3) is 3.09. The Balaban J connectivity index is 2.01. The maximum absolute atomic E-state index is 9.07. The molecule has 6 heteroatoms. The molecule has 1 aliphatic heterocycles. The van der Waals surface area contributed by atoms with Gasteiger partial charge in [-0.2, -0.15) is 5.26 Å². The molecule has 2 aromatic rings. The van der Waals surface area contributed by atoms with Gasteiger partial charge in [0.2, 0.25) is 5.95 Å². The van der Waals surface area contributed by atoms with Gasteiger partial charge in [-0.05, 0) is 38.3 Å². The Morgan fingerprint density at radius 2 is 1.86 bits per heavy atom. The van der Waals surface area contributed by atoms with Crippen molar-refractivity contribution >= 4 is 17.7 Å². The zero-order valence-corrected chi connectivity index (χ0v) is 13.5. The summed E-state index contributed by atoms with van der Waals surface area (Å²) < 4.78 is 2.07. The first kappa shape index (κ1) is 14.9. The van der Waals surface area contributed by atoms with E-state index in [9.17, 15) is 0 Å². The Kier molecular flexibility index (Phi) is 4.64. The molecular weight excluding hydrogens is 294 g/mol. The number of para-hydroxylation sites is 1. The van der Waals surface area contributed by atoms with Crippen LogP contribution in [-0.2, 0) is 0 Å². The first-order valence-corrected chi connectivity index (χ1v) is 8.49. The molecule has 0 radical (unpaired) electrons. The Hall–Kier alpha value is -2.00. The van der Waals surface area contributed by atoms with Gasteiger partial charge < -0.3 is 4.90 Å². The smallest absolute Gasteiger partial charge is 0.232 e. The van der Waals surface area contributed by atoms with Crippen LogP contribution in [0.4, 0.5) is 5.95 Å². The molecule has 22 heavy (non-hydrogen) atoms. The van der Waals surface area contributed by atoms with Crippen molar-refractivity contribution in [2.75, 3.05) is 18.0 Å². The number of hydrogen-bond donors (Lipinski definition) is 0. The lowest BCUT2D eigenvalue weighted by Crippen LogP contribution is -2.31. The minimum Gasteiger partial charge on any atom is -0.341 e. The number of benzene rings is 1. The summed E-state index contributed by atoms with van der Waals surface area (Å²) in [5.74, 6) is 0.888. The summed E-state index contributed by atoms with van der Waals surface area (Å²) in [5.41, 5.74) is 1.04. The van der Waals surface area contributed by atoms with Gasteiger partial charge in [0.1, 0.15) is 0 Å². The molecule has 1 aromatic heterocycles. The van der Waals surface area contributed by atoms with E-state index >= 15 is 0 Å². The number of thioether (sulfide) groups is 1. The average molecular weight is 313 g/mol. The Labute approximate surface area is 135 Å². The predicted octanol–water partition coefficient (Wildman–Crippen LogP) is 3.26. The zero-order chi connectivity index (χ0) is 15.4. The fourth-order valence-corrected chi connectivity index (χ4v) is 3.37. The number of aromatic nitrogens is 3. The SMILES string of the molecule is CC(C#N)Sc1nnc(N2CCCCC2)n1-c1ccccc1. The molecule has 1 atom stereocenters. The molecular formula is C16H19N5S. The van der Waals surface area contributed by atoms with Gasteiger partial charge in [-0.1, -0.05) is 30.0 Å². The van der Waals surface area contributed by atoms with Crippen molar-refractivity contribution in [1.29, 1.82) is 5.26 Å². The fraction of sp³-hybridized carbons (Fsp3) is 0.438. The minimum atomic E-state index is -0.152. The quantitative estimate of drug-likeness (QED) is 0.811. The second-order valence-corrected chi connectivity index (χ2v) is 6.70. The van der Waals surface area contributed by atoms with Gasteiger partial charge in [-0.3, -0.25) is 4.57 Å². The molecule has 0 bridgehead atoms. The normalized spacial score (nSPS) is 16.3. The van der Waals surface area contributed by atoms with Crippen LogP contribution in [0.1, 0.15) is 26.2 Å². The van der Waals surface area contributed by atoms with E-state index in [1.807, 2.05) is 25.1 Å². The third-order valence-electron chi connectivity index (χ3n) is 3.73. The summed E-state index contributed by atoms with van der Waals surface area (Å²) in [7, 11) is 0. The van der Waals surface area contributed by atoms with Gasteiger partial charge in [-0.25, -0.2) is 0 Å². The van der Waals surface area contributed by atoms with E-state index in [-0.39, 0.29) is 5.25 Å². The zero-order valence-electron chi connectivity index (χ0n) is 12.6. The lowest BCUT2D eigenvalue weighted by Gasteiger charge is -2.27.